The Morgan fingerprint density at radius 2 is 0.600 bits per heavy atom. The minimum Gasteiger partial charge on any atom is -2.00 e. The minimum atomic E-state index is 0. The molecule has 0 rings (SSSR count). The smallest absolute Gasteiger partial charge is 0 e. The van der Waals surface area contributed by atoms with Crippen molar-refractivity contribution in [3.63, 3.8) is 0 Å². The molecule has 3 N–H and O–H groups in total. The fourth-order valence-corrected chi connectivity index (χ4v) is 0. The van der Waals surface area contributed by atoms with E-state index in [-0.39, 0.29) is 43.6 Å². The van der Waals surface area contributed by atoms with Crippen molar-refractivity contribution in [2.45, 2.75) is 0 Å². The van der Waals surface area contributed by atoms with Crippen molar-refractivity contribution in [3.8, 4) is 0 Å². The summed E-state index contributed by atoms with van der Waals surface area (Å²) in [5.41, 5.74) is 0. The molecule has 0 saturated heterocycles. The van der Waals surface area contributed by atoms with E-state index in [1.807, 2.05) is 0 Å². The molecule has 5 heavy (non-hydrogen) atoms. The van der Waals surface area contributed by atoms with Crippen LogP contribution in [0.4, 0.5) is 0 Å². The van der Waals surface area contributed by atoms with Crippen molar-refractivity contribution in [2.75, 3.05) is 0 Å². The third kappa shape index (κ3) is 104. The van der Waals surface area contributed by atoms with Gasteiger partial charge in [0.2, 0.25) is 0 Å². The van der Waals surface area contributed by atoms with Crippen LogP contribution in [0.1, 0.15) is 0 Å². The van der Waals surface area contributed by atoms with Crippen LogP contribution in [0, 0.1) is 0 Å². The van der Waals surface area contributed by atoms with Gasteiger partial charge in [-0.05, 0) is 0 Å². The summed E-state index contributed by atoms with van der Waals surface area (Å²) in [4.78, 5) is 0. The van der Waals surface area contributed by atoms with Gasteiger partial charge in [-0.2, -0.15) is 0 Å². The van der Waals surface area contributed by atoms with Crippen molar-refractivity contribution in [1.82, 2.24) is 6.15 Å². The van der Waals surface area contributed by atoms with E-state index in [1.165, 1.54) is 0 Å². The molecular formula is H3MoNO3-6. The molecule has 0 bridgehead atoms. The van der Waals surface area contributed by atoms with Gasteiger partial charge in [-0.25, -0.2) is 0 Å². The van der Waals surface area contributed by atoms with Gasteiger partial charge in [0.05, 0.1) is 0 Å². The van der Waals surface area contributed by atoms with Gasteiger partial charge >= 0.3 is 0 Å². The molecule has 5 heteroatoms. The number of hydrogen-bond donors (Lipinski definition) is 1. The Morgan fingerprint density at radius 3 is 0.600 bits per heavy atom. The molecular weight excluding hydrogens is 158 g/mol. The third-order valence-corrected chi connectivity index (χ3v) is 0. The summed E-state index contributed by atoms with van der Waals surface area (Å²) in [7, 11) is 0. The molecule has 4 nitrogen and oxygen atoms in total. The fraction of sp³-hybridized carbons (Fsp3) is 0. The summed E-state index contributed by atoms with van der Waals surface area (Å²) in [5, 5.41) is 0. The predicted molar refractivity (Wildman–Crippen MR) is 7.08 cm³/mol. The average Bonchev–Trinajstić information content (AvgIpc) is 0. The molecule has 0 radical (unpaired) electrons. The summed E-state index contributed by atoms with van der Waals surface area (Å²) in [6.07, 6.45) is 0. The SMILES string of the molecule is N.[Mo].[O-2].[O-2].[O-2]. The van der Waals surface area contributed by atoms with Gasteiger partial charge in [-0.3, -0.25) is 0 Å². The molecule has 0 fully saturated rings. The number of rotatable bonds is 0. The molecule has 0 amide bonds. The van der Waals surface area contributed by atoms with Gasteiger partial charge in [0.1, 0.15) is 0 Å². The van der Waals surface area contributed by atoms with E-state index in [2.05, 4.69) is 0 Å². The molecule has 0 unspecified atom stereocenters. The Morgan fingerprint density at radius 1 is 0.600 bits per heavy atom. The van der Waals surface area contributed by atoms with Crippen LogP contribution in [0.5, 0.6) is 0 Å². The van der Waals surface area contributed by atoms with Gasteiger partial charge in [0, 0.05) is 21.1 Å². The van der Waals surface area contributed by atoms with Gasteiger partial charge in [0.15, 0.2) is 0 Å². The second-order valence-electron chi connectivity index (χ2n) is 0. The van der Waals surface area contributed by atoms with E-state index < -0.39 is 0 Å². The zero-order valence-electron chi connectivity index (χ0n) is 2.34. The van der Waals surface area contributed by atoms with Crippen molar-refractivity contribution in [3.05, 3.63) is 0 Å². The molecule has 0 aliphatic heterocycles. The van der Waals surface area contributed by atoms with E-state index in [4.69, 9.17) is 0 Å². The van der Waals surface area contributed by atoms with E-state index in [9.17, 15) is 0 Å². The first-order chi connectivity index (χ1) is 0. The molecule has 0 aromatic carbocycles. The summed E-state index contributed by atoms with van der Waals surface area (Å²) >= 11 is 0. The van der Waals surface area contributed by atoms with Crippen LogP contribution < -0.4 is 6.15 Å². The first kappa shape index (κ1) is 406. The first-order valence-corrected chi connectivity index (χ1v) is 0. The second kappa shape index (κ2) is 202. The Balaban J connectivity index is 0. The van der Waals surface area contributed by atoms with Crippen LogP contribution >= 0.6 is 0 Å². The van der Waals surface area contributed by atoms with Crippen molar-refractivity contribution < 1.29 is 37.5 Å². The maximum absolute atomic E-state index is 0. The van der Waals surface area contributed by atoms with Gasteiger partial charge in [-0.1, -0.05) is 0 Å². The molecule has 0 aromatic rings. The number of hydrogen-bond acceptors (Lipinski definition) is 1. The maximum Gasteiger partial charge on any atom is 0 e. The predicted octanol–water partition coefficient (Wildman–Crippen LogP) is -0.197. The molecule has 0 aromatic heterocycles. The summed E-state index contributed by atoms with van der Waals surface area (Å²) in [6.45, 7) is 0. The van der Waals surface area contributed by atoms with Crippen LogP contribution in [-0.4, -0.2) is 0 Å². The van der Waals surface area contributed by atoms with Crippen LogP contribution in [0.3, 0.4) is 0 Å². The first-order valence-electron chi connectivity index (χ1n) is 0. The Bertz CT molecular complexity index is 6.85. The van der Waals surface area contributed by atoms with Gasteiger partial charge in [0.25, 0.3) is 0 Å². The molecule has 0 aliphatic rings. The molecule has 0 atom stereocenters. The van der Waals surface area contributed by atoms with Gasteiger partial charge < -0.3 is 22.6 Å². The monoisotopic (exact) mass is 163 g/mol. The van der Waals surface area contributed by atoms with Crippen LogP contribution in [0.25, 0.3) is 0 Å². The summed E-state index contributed by atoms with van der Waals surface area (Å²) < 4.78 is 0. The minimum absolute atomic E-state index is 0. The normalized spacial score (nSPS) is 0. The zero-order chi connectivity index (χ0) is 0. The second-order valence-corrected chi connectivity index (χ2v) is 0. The average molecular weight is 161 g/mol. The zero-order valence-corrected chi connectivity index (χ0v) is 4.35. The van der Waals surface area contributed by atoms with Crippen molar-refractivity contribution in [1.29, 1.82) is 0 Å². The Labute approximate surface area is 44.3 Å². The molecule has 0 spiro atoms. The molecule has 0 heterocycles. The standard InChI is InChI=1S/Mo.H3N.3O/h;1H3;;;/q;;3*-2. The largest absolute Gasteiger partial charge is 2.00 e. The van der Waals surface area contributed by atoms with E-state index in [1.54, 1.807) is 0 Å². The Hall–Kier alpha value is 0.528. The van der Waals surface area contributed by atoms with Crippen molar-refractivity contribution >= 4 is 0 Å². The van der Waals surface area contributed by atoms with E-state index in [0.717, 1.165) is 0 Å². The van der Waals surface area contributed by atoms with Crippen LogP contribution in [-0.2, 0) is 37.5 Å². The topological polar surface area (TPSA) is 120 Å². The summed E-state index contributed by atoms with van der Waals surface area (Å²) in [6, 6.07) is 0. The van der Waals surface area contributed by atoms with Gasteiger partial charge in [-0.15, -0.1) is 0 Å². The Kier molecular flexibility index (Phi) is 16400. The third-order valence-electron chi connectivity index (χ3n) is 0. The molecule has 38 valence electrons. The summed E-state index contributed by atoms with van der Waals surface area (Å²) in [5.74, 6) is 0. The van der Waals surface area contributed by atoms with E-state index in [0.29, 0.717) is 0 Å². The maximum atomic E-state index is 0. The quantitative estimate of drug-likeness (QED) is 0.486. The van der Waals surface area contributed by atoms with Crippen molar-refractivity contribution in [2.24, 2.45) is 0 Å². The van der Waals surface area contributed by atoms with Crippen LogP contribution in [0.15, 0.2) is 0 Å². The molecule has 0 aliphatic carbocycles. The van der Waals surface area contributed by atoms with Crippen LogP contribution in [0.2, 0.25) is 0 Å². The van der Waals surface area contributed by atoms with E-state index >= 15 is 0 Å². The fourth-order valence-electron chi connectivity index (χ4n) is 0. The molecule has 0 saturated carbocycles.